The number of hydrogen-bond donors (Lipinski definition) is 1. The van der Waals surface area contributed by atoms with Crippen molar-refractivity contribution in [1.29, 1.82) is 5.41 Å². The molecule has 1 aromatic rings. The molecule has 0 spiro atoms. The lowest BCUT2D eigenvalue weighted by Crippen LogP contribution is -2.45. The Morgan fingerprint density at radius 2 is 1.74 bits per heavy atom. The molecule has 1 saturated carbocycles. The van der Waals surface area contributed by atoms with E-state index in [4.69, 9.17) is 5.41 Å². The number of nitrogens with zero attached hydrogens (tertiary/aromatic N) is 2. The van der Waals surface area contributed by atoms with Crippen LogP contribution >= 0.6 is 0 Å². The summed E-state index contributed by atoms with van der Waals surface area (Å²) in [5, 5.41) is 8.58. The molecule has 3 heteroatoms. The molecule has 0 bridgehead atoms. The highest BCUT2D eigenvalue weighted by atomic mass is 15.3. The molecule has 1 aliphatic carbocycles. The summed E-state index contributed by atoms with van der Waals surface area (Å²) in [4.78, 5) is 4.53. The standard InChI is InChI=1S/C16H23N3/c1-18-11-12-19(15-10-6-5-9-14(15)18)16(17)13-7-3-2-4-8-13/h5-6,9-10,13,17H,2-4,7-8,11-12H2,1H3. The molecule has 0 saturated heterocycles. The second-order valence-electron chi connectivity index (χ2n) is 5.78. The molecule has 0 unspecified atom stereocenters. The largest absolute Gasteiger partial charge is 0.371 e. The van der Waals surface area contributed by atoms with Crippen LogP contribution in [-0.2, 0) is 0 Å². The smallest absolute Gasteiger partial charge is 0.104 e. The predicted molar refractivity (Wildman–Crippen MR) is 81.4 cm³/mol. The van der Waals surface area contributed by atoms with Gasteiger partial charge in [0.05, 0.1) is 11.4 Å². The van der Waals surface area contributed by atoms with Crippen molar-refractivity contribution >= 4 is 17.2 Å². The number of anilines is 2. The van der Waals surface area contributed by atoms with E-state index in [9.17, 15) is 0 Å². The maximum Gasteiger partial charge on any atom is 0.104 e. The quantitative estimate of drug-likeness (QED) is 0.616. The zero-order valence-corrected chi connectivity index (χ0v) is 11.7. The molecular formula is C16H23N3. The van der Waals surface area contributed by atoms with E-state index in [2.05, 4.69) is 41.1 Å². The third kappa shape index (κ3) is 2.34. The molecule has 0 amide bonds. The number of para-hydroxylation sites is 2. The van der Waals surface area contributed by atoms with Crippen LogP contribution in [0.2, 0.25) is 0 Å². The van der Waals surface area contributed by atoms with Crippen molar-refractivity contribution in [3.05, 3.63) is 24.3 Å². The maximum absolute atomic E-state index is 8.58. The lowest BCUT2D eigenvalue weighted by Gasteiger charge is -2.39. The van der Waals surface area contributed by atoms with Gasteiger partial charge in [-0.15, -0.1) is 0 Å². The van der Waals surface area contributed by atoms with Gasteiger partial charge in [-0.2, -0.15) is 0 Å². The molecule has 1 fully saturated rings. The molecule has 3 rings (SSSR count). The van der Waals surface area contributed by atoms with Crippen LogP contribution in [-0.4, -0.2) is 26.0 Å². The Hall–Kier alpha value is -1.51. The van der Waals surface area contributed by atoms with Gasteiger partial charge in [-0.25, -0.2) is 0 Å². The molecule has 1 N–H and O–H groups in total. The Bertz CT molecular complexity index is 463. The third-order valence-electron chi connectivity index (χ3n) is 4.53. The fraction of sp³-hybridized carbons (Fsp3) is 0.562. The van der Waals surface area contributed by atoms with Gasteiger partial charge in [-0.3, -0.25) is 5.41 Å². The SMILES string of the molecule is CN1CCN(C(=N)C2CCCCC2)c2ccccc21. The number of amidine groups is 1. The van der Waals surface area contributed by atoms with Gasteiger partial charge in [-0.05, 0) is 25.0 Å². The number of nitrogens with one attached hydrogen (secondary N) is 1. The summed E-state index contributed by atoms with van der Waals surface area (Å²) in [6.07, 6.45) is 6.34. The van der Waals surface area contributed by atoms with Gasteiger partial charge in [0.1, 0.15) is 5.84 Å². The van der Waals surface area contributed by atoms with E-state index in [1.165, 1.54) is 43.5 Å². The van der Waals surface area contributed by atoms with Crippen molar-refractivity contribution in [2.24, 2.45) is 5.92 Å². The molecule has 1 aliphatic heterocycles. The Kier molecular flexibility index (Phi) is 3.45. The van der Waals surface area contributed by atoms with E-state index >= 15 is 0 Å². The minimum atomic E-state index is 0.477. The molecule has 19 heavy (non-hydrogen) atoms. The second kappa shape index (κ2) is 5.24. The molecule has 0 aromatic heterocycles. The van der Waals surface area contributed by atoms with E-state index in [0.717, 1.165) is 18.9 Å². The minimum absolute atomic E-state index is 0.477. The molecule has 3 nitrogen and oxygen atoms in total. The average Bonchev–Trinajstić information content (AvgIpc) is 2.48. The highest BCUT2D eigenvalue weighted by molar-refractivity contribution is 6.00. The van der Waals surface area contributed by atoms with Crippen molar-refractivity contribution in [2.75, 3.05) is 29.9 Å². The summed E-state index contributed by atoms with van der Waals surface area (Å²) in [6, 6.07) is 8.49. The third-order valence-corrected chi connectivity index (χ3v) is 4.53. The lowest BCUT2D eigenvalue weighted by atomic mass is 9.87. The summed E-state index contributed by atoms with van der Waals surface area (Å²) in [6.45, 7) is 1.95. The first kappa shape index (κ1) is 12.5. The lowest BCUT2D eigenvalue weighted by molar-refractivity contribution is 0.433. The van der Waals surface area contributed by atoms with Gasteiger partial charge in [-0.1, -0.05) is 31.4 Å². The van der Waals surface area contributed by atoms with E-state index in [0.29, 0.717) is 5.92 Å². The Balaban J connectivity index is 1.85. The van der Waals surface area contributed by atoms with E-state index in [-0.39, 0.29) is 0 Å². The van der Waals surface area contributed by atoms with Crippen LogP contribution < -0.4 is 9.80 Å². The van der Waals surface area contributed by atoms with Crippen LogP contribution in [0.5, 0.6) is 0 Å². The molecule has 1 heterocycles. The zero-order valence-electron chi connectivity index (χ0n) is 11.7. The number of likely N-dealkylation sites (N-methyl/N-ethyl adjacent to an activating group) is 1. The van der Waals surface area contributed by atoms with Crippen LogP contribution in [0.4, 0.5) is 11.4 Å². The van der Waals surface area contributed by atoms with Crippen molar-refractivity contribution in [2.45, 2.75) is 32.1 Å². The van der Waals surface area contributed by atoms with Crippen LogP contribution in [0.25, 0.3) is 0 Å². The van der Waals surface area contributed by atoms with Crippen molar-refractivity contribution < 1.29 is 0 Å². The first-order valence-corrected chi connectivity index (χ1v) is 7.43. The Morgan fingerprint density at radius 1 is 1.05 bits per heavy atom. The van der Waals surface area contributed by atoms with Crippen LogP contribution in [0, 0.1) is 11.3 Å². The topological polar surface area (TPSA) is 30.3 Å². The van der Waals surface area contributed by atoms with Crippen molar-refractivity contribution in [3.8, 4) is 0 Å². The molecule has 102 valence electrons. The summed E-state index contributed by atoms with van der Waals surface area (Å²) < 4.78 is 0. The van der Waals surface area contributed by atoms with E-state index < -0.39 is 0 Å². The Labute approximate surface area is 115 Å². The van der Waals surface area contributed by atoms with Gasteiger partial charge in [0.2, 0.25) is 0 Å². The summed E-state index contributed by atoms with van der Waals surface area (Å²) in [5.74, 6) is 1.32. The highest BCUT2D eigenvalue weighted by Gasteiger charge is 2.28. The molecule has 1 aromatic carbocycles. The molecule has 2 aliphatic rings. The highest BCUT2D eigenvalue weighted by Crippen LogP contribution is 2.35. The number of fused-ring (bicyclic) bond motifs is 1. The molecular weight excluding hydrogens is 234 g/mol. The normalized spacial score (nSPS) is 20.3. The number of rotatable bonds is 1. The van der Waals surface area contributed by atoms with Crippen LogP contribution in [0.1, 0.15) is 32.1 Å². The zero-order chi connectivity index (χ0) is 13.2. The van der Waals surface area contributed by atoms with Crippen molar-refractivity contribution in [3.63, 3.8) is 0 Å². The summed E-state index contributed by atoms with van der Waals surface area (Å²) in [5.41, 5.74) is 2.47. The predicted octanol–water partition coefficient (Wildman–Crippen LogP) is 3.50. The Morgan fingerprint density at radius 3 is 2.47 bits per heavy atom. The number of hydrogen-bond acceptors (Lipinski definition) is 2. The summed E-state index contributed by atoms with van der Waals surface area (Å²) >= 11 is 0. The minimum Gasteiger partial charge on any atom is -0.371 e. The van der Waals surface area contributed by atoms with Gasteiger partial charge >= 0.3 is 0 Å². The first-order chi connectivity index (χ1) is 9.27. The van der Waals surface area contributed by atoms with Gasteiger partial charge in [0.25, 0.3) is 0 Å². The molecule has 0 radical (unpaired) electrons. The fourth-order valence-corrected chi connectivity index (χ4v) is 3.35. The van der Waals surface area contributed by atoms with Crippen molar-refractivity contribution in [1.82, 2.24) is 0 Å². The van der Waals surface area contributed by atoms with E-state index in [1.54, 1.807) is 0 Å². The first-order valence-electron chi connectivity index (χ1n) is 7.43. The van der Waals surface area contributed by atoms with Gasteiger partial charge < -0.3 is 9.80 Å². The molecule has 0 atom stereocenters. The van der Waals surface area contributed by atoms with E-state index in [1.807, 2.05) is 0 Å². The van der Waals surface area contributed by atoms with Gasteiger partial charge in [0.15, 0.2) is 0 Å². The van der Waals surface area contributed by atoms with Crippen LogP contribution in [0.15, 0.2) is 24.3 Å². The fourth-order valence-electron chi connectivity index (χ4n) is 3.35. The maximum atomic E-state index is 8.58. The number of benzene rings is 1. The average molecular weight is 257 g/mol. The summed E-state index contributed by atoms with van der Waals surface area (Å²) in [7, 11) is 2.14. The second-order valence-corrected chi connectivity index (χ2v) is 5.78. The van der Waals surface area contributed by atoms with Gasteiger partial charge in [0, 0.05) is 26.1 Å². The van der Waals surface area contributed by atoms with Crippen LogP contribution in [0.3, 0.4) is 0 Å². The monoisotopic (exact) mass is 257 g/mol.